The van der Waals surface area contributed by atoms with E-state index >= 15 is 0 Å². The Kier molecular flexibility index (Phi) is 4.01. The molecule has 116 valence electrons. The first-order valence-corrected chi connectivity index (χ1v) is 7.09. The molecule has 3 aromatic rings. The van der Waals surface area contributed by atoms with Gasteiger partial charge in [-0.2, -0.15) is 0 Å². The van der Waals surface area contributed by atoms with Crippen LogP contribution in [0, 0.1) is 10.1 Å². The summed E-state index contributed by atoms with van der Waals surface area (Å²) in [6.45, 7) is 2.02. The average molecular weight is 309 g/mol. The van der Waals surface area contributed by atoms with Gasteiger partial charge in [-0.25, -0.2) is 4.98 Å². The molecule has 0 saturated heterocycles. The van der Waals surface area contributed by atoms with E-state index in [-0.39, 0.29) is 11.9 Å². The summed E-state index contributed by atoms with van der Waals surface area (Å²) in [5.41, 5.74) is 2.85. The Balaban J connectivity index is 1.76. The third-order valence-corrected chi connectivity index (χ3v) is 3.49. The van der Waals surface area contributed by atoms with Crippen LogP contribution in [0.4, 0.5) is 11.5 Å². The fraction of sp³-hybridized carbons (Fsp3) is 0.125. The van der Waals surface area contributed by atoms with Crippen molar-refractivity contribution < 1.29 is 4.92 Å². The number of nitrogens with zero attached hydrogens (tertiary/aromatic N) is 4. The molecule has 0 aliphatic heterocycles. The van der Waals surface area contributed by atoms with Gasteiger partial charge in [0, 0.05) is 30.2 Å². The molecule has 2 aromatic heterocycles. The summed E-state index contributed by atoms with van der Waals surface area (Å²) in [5.74, 6) is -0.162. The Morgan fingerprint density at radius 1 is 1.30 bits per heavy atom. The number of nitro groups is 1. The number of benzene rings is 1. The summed E-state index contributed by atoms with van der Waals surface area (Å²) in [6, 6.07) is 11.2. The molecule has 1 aromatic carbocycles. The lowest BCUT2D eigenvalue weighted by Crippen LogP contribution is -2.07. The fourth-order valence-corrected chi connectivity index (χ4v) is 2.28. The van der Waals surface area contributed by atoms with Crippen molar-refractivity contribution in [1.82, 2.24) is 14.5 Å². The Labute approximate surface area is 132 Å². The molecule has 1 unspecified atom stereocenters. The van der Waals surface area contributed by atoms with Crippen LogP contribution in [-0.2, 0) is 0 Å². The van der Waals surface area contributed by atoms with E-state index in [0.29, 0.717) is 0 Å². The lowest BCUT2D eigenvalue weighted by atomic mass is 10.1. The van der Waals surface area contributed by atoms with E-state index < -0.39 is 4.92 Å². The van der Waals surface area contributed by atoms with E-state index in [4.69, 9.17) is 0 Å². The molecule has 7 heteroatoms. The zero-order valence-electron chi connectivity index (χ0n) is 12.5. The van der Waals surface area contributed by atoms with Crippen molar-refractivity contribution in [2.24, 2.45) is 0 Å². The van der Waals surface area contributed by atoms with Crippen LogP contribution in [0.1, 0.15) is 18.5 Å². The van der Waals surface area contributed by atoms with Crippen molar-refractivity contribution in [2.75, 3.05) is 5.32 Å². The van der Waals surface area contributed by atoms with Gasteiger partial charge in [-0.05, 0) is 40.6 Å². The summed E-state index contributed by atoms with van der Waals surface area (Å²) in [7, 11) is 0. The summed E-state index contributed by atoms with van der Waals surface area (Å²) >= 11 is 0. The van der Waals surface area contributed by atoms with E-state index in [1.807, 2.05) is 35.9 Å². The maximum Gasteiger partial charge on any atom is 0.363 e. The minimum absolute atomic E-state index is 0.0294. The maximum absolute atomic E-state index is 10.6. The van der Waals surface area contributed by atoms with E-state index in [2.05, 4.69) is 21.4 Å². The largest absolute Gasteiger partial charge is 0.375 e. The zero-order chi connectivity index (χ0) is 16.2. The van der Waals surface area contributed by atoms with Gasteiger partial charge in [-0.1, -0.05) is 12.1 Å². The van der Waals surface area contributed by atoms with Gasteiger partial charge in [-0.3, -0.25) is 0 Å². The molecule has 7 nitrogen and oxygen atoms in total. The summed E-state index contributed by atoms with van der Waals surface area (Å²) < 4.78 is 1.93. The molecule has 0 saturated carbocycles. The maximum atomic E-state index is 10.6. The number of hydrogen-bond acceptors (Lipinski definition) is 5. The monoisotopic (exact) mass is 309 g/mol. The SMILES string of the molecule is CC(Nc1ccc([N+](=O)[O-])nc1)c1cccc(-n2ccnc2)c1. The first-order valence-electron chi connectivity index (χ1n) is 7.09. The van der Waals surface area contributed by atoms with Crippen molar-refractivity contribution in [3.8, 4) is 5.69 Å². The van der Waals surface area contributed by atoms with Crippen LogP contribution in [0.15, 0.2) is 61.3 Å². The molecular formula is C16H15N5O2. The quantitative estimate of drug-likeness (QED) is 0.577. The molecule has 0 radical (unpaired) electrons. The number of pyridine rings is 1. The van der Waals surface area contributed by atoms with Gasteiger partial charge in [0.2, 0.25) is 0 Å². The Bertz CT molecular complexity index is 800. The molecule has 2 heterocycles. The van der Waals surface area contributed by atoms with Gasteiger partial charge < -0.3 is 20.0 Å². The van der Waals surface area contributed by atoms with Crippen LogP contribution in [0.25, 0.3) is 5.69 Å². The first kappa shape index (κ1) is 14.7. The average Bonchev–Trinajstić information content (AvgIpc) is 3.10. The van der Waals surface area contributed by atoms with Gasteiger partial charge in [0.15, 0.2) is 6.20 Å². The third-order valence-electron chi connectivity index (χ3n) is 3.49. The number of imidazole rings is 1. The molecule has 0 fully saturated rings. The highest BCUT2D eigenvalue weighted by Crippen LogP contribution is 2.22. The van der Waals surface area contributed by atoms with Gasteiger partial charge >= 0.3 is 5.82 Å². The Hall–Kier alpha value is -3.22. The summed E-state index contributed by atoms with van der Waals surface area (Å²) in [6.07, 6.45) is 6.83. The van der Waals surface area contributed by atoms with Crippen LogP contribution in [0.5, 0.6) is 0 Å². The van der Waals surface area contributed by atoms with Crippen LogP contribution >= 0.6 is 0 Å². The van der Waals surface area contributed by atoms with Crippen molar-refractivity contribution in [3.05, 3.63) is 77.0 Å². The van der Waals surface area contributed by atoms with Crippen LogP contribution in [0.2, 0.25) is 0 Å². The Morgan fingerprint density at radius 3 is 2.83 bits per heavy atom. The van der Waals surface area contributed by atoms with Gasteiger partial charge in [0.25, 0.3) is 0 Å². The first-order chi connectivity index (χ1) is 11.1. The molecule has 1 atom stereocenters. The molecular weight excluding hydrogens is 294 g/mol. The zero-order valence-corrected chi connectivity index (χ0v) is 12.5. The number of aromatic nitrogens is 3. The highest BCUT2D eigenvalue weighted by Gasteiger charge is 2.10. The molecule has 0 aliphatic carbocycles. The summed E-state index contributed by atoms with van der Waals surface area (Å²) in [5, 5.41) is 13.9. The van der Waals surface area contributed by atoms with E-state index in [1.54, 1.807) is 18.6 Å². The summed E-state index contributed by atoms with van der Waals surface area (Å²) in [4.78, 5) is 18.0. The molecule has 0 aliphatic rings. The third kappa shape index (κ3) is 3.34. The minimum atomic E-state index is -0.512. The lowest BCUT2D eigenvalue weighted by molar-refractivity contribution is -0.389. The molecule has 1 N–H and O–H groups in total. The van der Waals surface area contributed by atoms with Crippen LogP contribution < -0.4 is 5.32 Å². The van der Waals surface area contributed by atoms with Crippen molar-refractivity contribution in [3.63, 3.8) is 0 Å². The predicted molar refractivity (Wildman–Crippen MR) is 86.5 cm³/mol. The van der Waals surface area contributed by atoms with E-state index in [0.717, 1.165) is 16.9 Å². The number of nitrogens with one attached hydrogen (secondary N) is 1. The van der Waals surface area contributed by atoms with Crippen LogP contribution in [-0.4, -0.2) is 19.5 Å². The highest BCUT2D eigenvalue weighted by atomic mass is 16.6. The molecule has 0 amide bonds. The highest BCUT2D eigenvalue weighted by molar-refractivity contribution is 5.47. The van der Waals surface area contributed by atoms with Gasteiger partial charge in [0.05, 0.1) is 12.0 Å². The fourth-order valence-electron chi connectivity index (χ4n) is 2.28. The predicted octanol–water partition coefficient (Wildman–Crippen LogP) is 3.35. The van der Waals surface area contributed by atoms with E-state index in [1.165, 1.54) is 12.3 Å². The van der Waals surface area contributed by atoms with Gasteiger partial charge in [-0.15, -0.1) is 0 Å². The van der Waals surface area contributed by atoms with Crippen molar-refractivity contribution in [2.45, 2.75) is 13.0 Å². The normalized spacial score (nSPS) is 11.9. The molecule has 0 bridgehead atoms. The second-order valence-electron chi connectivity index (χ2n) is 5.09. The second-order valence-corrected chi connectivity index (χ2v) is 5.09. The molecule has 23 heavy (non-hydrogen) atoms. The second kappa shape index (κ2) is 6.27. The molecule has 0 spiro atoms. The van der Waals surface area contributed by atoms with Crippen molar-refractivity contribution in [1.29, 1.82) is 0 Å². The van der Waals surface area contributed by atoms with Crippen molar-refractivity contribution >= 4 is 11.5 Å². The van der Waals surface area contributed by atoms with E-state index in [9.17, 15) is 10.1 Å². The smallest absolute Gasteiger partial charge is 0.363 e. The number of rotatable bonds is 5. The molecule has 3 rings (SSSR count). The standard InChI is InChI=1S/C16H15N5O2/c1-12(19-14-5-6-16(18-10-14)21(22)23)13-3-2-4-15(9-13)20-8-7-17-11-20/h2-12,19H,1H3. The Morgan fingerprint density at radius 2 is 2.17 bits per heavy atom. The van der Waals surface area contributed by atoms with Gasteiger partial charge in [0.1, 0.15) is 0 Å². The van der Waals surface area contributed by atoms with Crippen LogP contribution in [0.3, 0.4) is 0 Å². The topological polar surface area (TPSA) is 85.9 Å². The number of hydrogen-bond donors (Lipinski definition) is 1. The minimum Gasteiger partial charge on any atom is -0.375 e. The lowest BCUT2D eigenvalue weighted by Gasteiger charge is -2.16. The number of anilines is 1.